The van der Waals surface area contributed by atoms with E-state index in [2.05, 4.69) is 14.9 Å². The van der Waals surface area contributed by atoms with Crippen molar-refractivity contribution in [2.75, 3.05) is 24.5 Å². The zero-order valence-corrected chi connectivity index (χ0v) is 16.4. The molecule has 0 N–H and O–H groups in total. The smallest absolute Gasteiger partial charge is 0.254 e. The van der Waals surface area contributed by atoms with Crippen LogP contribution in [0.2, 0.25) is 0 Å². The second-order valence-corrected chi connectivity index (χ2v) is 8.58. The molecule has 28 heavy (non-hydrogen) atoms. The Labute approximate surface area is 164 Å². The van der Waals surface area contributed by atoms with Crippen LogP contribution in [-0.2, 0) is 5.67 Å². The normalized spacial score (nSPS) is 25.1. The summed E-state index contributed by atoms with van der Waals surface area (Å²) >= 11 is 0. The van der Waals surface area contributed by atoms with Crippen molar-refractivity contribution in [3.8, 4) is 0 Å². The maximum absolute atomic E-state index is 14.7. The van der Waals surface area contributed by atoms with Gasteiger partial charge in [0.15, 0.2) is 0 Å². The van der Waals surface area contributed by atoms with Crippen LogP contribution in [-0.4, -0.2) is 46.5 Å². The molecule has 0 spiro atoms. The van der Waals surface area contributed by atoms with E-state index in [1.807, 2.05) is 36.9 Å². The average Bonchev–Trinajstić information content (AvgIpc) is 3.35. The molecule has 3 heterocycles. The number of likely N-dealkylation sites (tertiary alicyclic amines) is 1. The molecule has 1 aliphatic carbocycles. The maximum atomic E-state index is 14.7. The van der Waals surface area contributed by atoms with Crippen LogP contribution in [0.15, 0.2) is 30.3 Å². The minimum atomic E-state index is -1.31. The first-order valence-corrected chi connectivity index (χ1v) is 10.1. The van der Waals surface area contributed by atoms with Gasteiger partial charge in [0.05, 0.1) is 0 Å². The van der Waals surface area contributed by atoms with Crippen molar-refractivity contribution in [1.29, 1.82) is 0 Å². The molecule has 2 unspecified atom stereocenters. The summed E-state index contributed by atoms with van der Waals surface area (Å²) in [6, 6.07) is 9.40. The molecule has 2 atom stereocenters. The number of rotatable bonds is 3. The number of amides is 1. The van der Waals surface area contributed by atoms with Gasteiger partial charge in [-0.1, -0.05) is 18.2 Å². The van der Waals surface area contributed by atoms with Gasteiger partial charge in [-0.3, -0.25) is 4.79 Å². The molecule has 2 aromatic rings. The van der Waals surface area contributed by atoms with E-state index in [4.69, 9.17) is 0 Å². The molecule has 1 amide bonds. The van der Waals surface area contributed by atoms with Gasteiger partial charge in [0.1, 0.15) is 5.67 Å². The lowest BCUT2D eigenvalue weighted by Crippen LogP contribution is -2.46. The van der Waals surface area contributed by atoms with Crippen LogP contribution in [0.5, 0.6) is 0 Å². The highest BCUT2D eigenvalue weighted by Crippen LogP contribution is 2.50. The Morgan fingerprint density at radius 2 is 1.82 bits per heavy atom. The lowest BCUT2D eigenvalue weighted by atomic mass is 9.96. The summed E-state index contributed by atoms with van der Waals surface area (Å²) < 4.78 is 14.7. The van der Waals surface area contributed by atoms with Crippen LogP contribution in [0, 0.1) is 19.8 Å². The highest BCUT2D eigenvalue weighted by atomic mass is 19.1. The highest BCUT2D eigenvalue weighted by Gasteiger charge is 2.48. The number of nitrogens with zero attached hydrogens (tertiary/aromatic N) is 4. The van der Waals surface area contributed by atoms with E-state index in [0.717, 1.165) is 30.3 Å². The number of alkyl halides is 1. The minimum Gasteiger partial charge on any atom is -0.336 e. The fourth-order valence-corrected chi connectivity index (χ4v) is 4.82. The van der Waals surface area contributed by atoms with Crippen molar-refractivity contribution in [2.24, 2.45) is 5.92 Å². The molecule has 1 saturated carbocycles. The Bertz CT molecular complexity index is 922. The Morgan fingerprint density at radius 3 is 2.54 bits per heavy atom. The minimum absolute atomic E-state index is 0.0441. The van der Waals surface area contributed by atoms with Crippen LogP contribution in [0.25, 0.3) is 0 Å². The second kappa shape index (κ2) is 6.26. The van der Waals surface area contributed by atoms with E-state index in [-0.39, 0.29) is 11.9 Å². The third kappa shape index (κ3) is 2.95. The number of benzene rings is 1. The van der Waals surface area contributed by atoms with E-state index in [1.165, 1.54) is 0 Å². The lowest BCUT2D eigenvalue weighted by molar-refractivity contribution is 0.0690. The fraction of sp³-hybridized carbons (Fsp3) is 0.500. The van der Waals surface area contributed by atoms with Gasteiger partial charge in [-0.2, -0.15) is 0 Å². The number of hydrogen-bond donors (Lipinski definition) is 0. The highest BCUT2D eigenvalue weighted by molar-refractivity contribution is 5.96. The number of hydrogen-bond acceptors (Lipinski definition) is 4. The summed E-state index contributed by atoms with van der Waals surface area (Å²) in [6.45, 7) is 6.19. The van der Waals surface area contributed by atoms with Gasteiger partial charge in [-0.25, -0.2) is 14.4 Å². The first-order valence-electron chi connectivity index (χ1n) is 10.1. The predicted molar refractivity (Wildman–Crippen MR) is 105 cm³/mol. The molecule has 6 heteroatoms. The Hall–Kier alpha value is -2.50. The largest absolute Gasteiger partial charge is 0.336 e. The maximum Gasteiger partial charge on any atom is 0.254 e. The van der Waals surface area contributed by atoms with Gasteiger partial charge >= 0.3 is 0 Å². The van der Waals surface area contributed by atoms with Crippen molar-refractivity contribution < 1.29 is 9.18 Å². The number of piperidine rings is 1. The number of fused-ring (bicyclic) bond motifs is 2. The lowest BCUT2D eigenvalue weighted by Gasteiger charge is -2.33. The summed E-state index contributed by atoms with van der Waals surface area (Å²) in [5.41, 5.74) is 1.71. The van der Waals surface area contributed by atoms with E-state index in [1.54, 1.807) is 12.1 Å². The zero-order chi connectivity index (χ0) is 19.5. The van der Waals surface area contributed by atoms with Gasteiger partial charge in [0.2, 0.25) is 5.95 Å². The summed E-state index contributed by atoms with van der Waals surface area (Å²) in [5.74, 6) is 1.12. The molecule has 5 rings (SSSR count). The fourth-order valence-electron chi connectivity index (χ4n) is 4.82. The Balaban J connectivity index is 1.39. The number of aryl methyl sites for hydroxylation is 2. The van der Waals surface area contributed by atoms with Crippen LogP contribution >= 0.6 is 0 Å². The van der Waals surface area contributed by atoms with Gasteiger partial charge in [0.25, 0.3) is 5.91 Å². The van der Waals surface area contributed by atoms with Crippen molar-refractivity contribution in [3.05, 3.63) is 52.8 Å². The molecule has 2 saturated heterocycles. The summed E-state index contributed by atoms with van der Waals surface area (Å²) in [4.78, 5) is 26.7. The molecule has 2 aliphatic heterocycles. The van der Waals surface area contributed by atoms with Crippen LogP contribution in [0.4, 0.5) is 10.3 Å². The molecule has 5 nitrogen and oxygen atoms in total. The first kappa shape index (κ1) is 17.6. The van der Waals surface area contributed by atoms with Crippen molar-refractivity contribution in [3.63, 3.8) is 0 Å². The molecular formula is C22H25FN4O. The molecule has 1 aromatic carbocycles. The Morgan fingerprint density at radius 1 is 1.11 bits per heavy atom. The summed E-state index contributed by atoms with van der Waals surface area (Å²) in [5, 5.41) is 0. The van der Waals surface area contributed by atoms with Gasteiger partial charge in [-0.15, -0.1) is 0 Å². The molecule has 3 aliphatic rings. The third-order valence-corrected chi connectivity index (χ3v) is 6.25. The third-order valence-electron chi connectivity index (χ3n) is 6.25. The molecule has 2 bridgehead atoms. The predicted octanol–water partition coefficient (Wildman–Crippen LogP) is 3.40. The molecule has 146 valence electrons. The number of anilines is 1. The second-order valence-electron chi connectivity index (χ2n) is 8.58. The number of aromatic nitrogens is 2. The van der Waals surface area contributed by atoms with Gasteiger partial charge in [-0.05, 0) is 51.2 Å². The zero-order valence-electron chi connectivity index (χ0n) is 16.4. The van der Waals surface area contributed by atoms with Crippen molar-refractivity contribution in [2.45, 2.75) is 44.8 Å². The Kier molecular flexibility index (Phi) is 3.93. The van der Waals surface area contributed by atoms with Crippen molar-refractivity contribution in [1.82, 2.24) is 14.9 Å². The summed E-state index contributed by atoms with van der Waals surface area (Å²) in [7, 11) is 0. The average molecular weight is 380 g/mol. The monoisotopic (exact) mass is 380 g/mol. The molecule has 3 fully saturated rings. The molecule has 1 aromatic heterocycles. The quantitative estimate of drug-likeness (QED) is 0.819. The van der Waals surface area contributed by atoms with Crippen LogP contribution < -0.4 is 4.90 Å². The van der Waals surface area contributed by atoms with Crippen LogP contribution in [0.1, 0.15) is 46.6 Å². The van der Waals surface area contributed by atoms with E-state index in [0.29, 0.717) is 43.0 Å². The van der Waals surface area contributed by atoms with Crippen molar-refractivity contribution >= 4 is 11.9 Å². The SMILES string of the molecule is Cc1cc(C)nc(N2CC3CC2CN(C(=O)c2ccccc2C2(F)CC2)C3)n1. The van der Waals surface area contributed by atoms with Gasteiger partial charge < -0.3 is 9.80 Å². The van der Waals surface area contributed by atoms with Crippen LogP contribution in [0.3, 0.4) is 0 Å². The van der Waals surface area contributed by atoms with E-state index >= 15 is 0 Å². The number of carbonyl (C=O) groups is 1. The topological polar surface area (TPSA) is 49.3 Å². The first-order chi connectivity index (χ1) is 13.4. The van der Waals surface area contributed by atoms with E-state index < -0.39 is 5.67 Å². The van der Waals surface area contributed by atoms with Gasteiger partial charge in [0, 0.05) is 48.2 Å². The standard InChI is InChI=1S/C22H25FN4O/c1-14-9-15(2)25-21(24-14)27-12-16-10-17(27)13-26(11-16)20(28)18-5-3-4-6-19(18)22(23)7-8-22/h3-6,9,16-17H,7-8,10-13H2,1-2H3. The summed E-state index contributed by atoms with van der Waals surface area (Å²) in [6.07, 6.45) is 2.08. The number of carbonyl (C=O) groups excluding carboxylic acids is 1. The van der Waals surface area contributed by atoms with E-state index in [9.17, 15) is 9.18 Å². The number of halogens is 1. The molecular weight excluding hydrogens is 355 g/mol. The molecule has 0 radical (unpaired) electrons.